The van der Waals surface area contributed by atoms with Crippen LogP contribution in [0.15, 0.2) is 53.6 Å². The molecule has 0 atom stereocenters. The Morgan fingerprint density at radius 1 is 1.15 bits per heavy atom. The number of phenols is 1. The molecular formula is C18H17N3O5. The summed E-state index contributed by atoms with van der Waals surface area (Å²) in [5.74, 6) is -0.812. The summed E-state index contributed by atoms with van der Waals surface area (Å²) in [5, 5.41) is 22.0. The van der Waals surface area contributed by atoms with E-state index in [0.717, 1.165) is 6.08 Å². The second-order valence-electron chi connectivity index (χ2n) is 5.07. The topological polar surface area (TPSA) is 120 Å². The fourth-order valence-corrected chi connectivity index (χ4v) is 2.01. The van der Waals surface area contributed by atoms with Crippen LogP contribution in [-0.2, 0) is 4.79 Å². The van der Waals surface area contributed by atoms with E-state index in [9.17, 15) is 14.7 Å². The van der Waals surface area contributed by atoms with Gasteiger partial charge in [0.1, 0.15) is 0 Å². The molecule has 4 N–H and O–H groups in total. The Morgan fingerprint density at radius 3 is 2.65 bits per heavy atom. The summed E-state index contributed by atoms with van der Waals surface area (Å²) in [5.41, 5.74) is 5.37. The van der Waals surface area contributed by atoms with E-state index in [1.807, 2.05) is 0 Å². The molecule has 0 bridgehead atoms. The lowest BCUT2D eigenvalue weighted by molar-refractivity contribution is -0.124. The average Bonchev–Trinajstić information content (AvgIpc) is 2.66. The van der Waals surface area contributed by atoms with Crippen LogP contribution >= 0.6 is 0 Å². The Morgan fingerprint density at radius 2 is 1.96 bits per heavy atom. The number of nitrogens with one attached hydrogen (secondary N) is 2. The predicted molar refractivity (Wildman–Crippen MR) is 95.1 cm³/mol. The molecule has 0 saturated heterocycles. The highest BCUT2D eigenvalue weighted by atomic mass is 16.5. The van der Waals surface area contributed by atoms with Crippen LogP contribution in [0.5, 0.6) is 11.5 Å². The van der Waals surface area contributed by atoms with E-state index in [4.69, 9.17) is 9.94 Å². The van der Waals surface area contributed by atoms with Crippen LogP contribution in [0.25, 0.3) is 6.08 Å². The van der Waals surface area contributed by atoms with Crippen molar-refractivity contribution in [2.24, 2.45) is 5.10 Å². The molecule has 2 rings (SSSR count). The van der Waals surface area contributed by atoms with Gasteiger partial charge in [0.25, 0.3) is 11.8 Å². The zero-order valence-corrected chi connectivity index (χ0v) is 13.8. The highest BCUT2D eigenvalue weighted by Gasteiger charge is 2.05. The number of carbonyl (C=O) groups is 2. The number of hydrogen-bond acceptors (Lipinski definition) is 6. The van der Waals surface area contributed by atoms with Gasteiger partial charge in [0, 0.05) is 11.6 Å². The molecule has 0 radical (unpaired) electrons. The van der Waals surface area contributed by atoms with Crippen molar-refractivity contribution in [3.05, 3.63) is 65.2 Å². The summed E-state index contributed by atoms with van der Waals surface area (Å²) in [6.07, 6.45) is 3.96. The Bertz CT molecular complexity index is 862. The molecule has 134 valence electrons. The van der Waals surface area contributed by atoms with E-state index in [1.165, 1.54) is 30.9 Å². The van der Waals surface area contributed by atoms with E-state index in [2.05, 4.69) is 10.5 Å². The monoisotopic (exact) mass is 355 g/mol. The molecule has 2 amide bonds. The fraction of sp³-hybridized carbons (Fsp3) is 0.0556. The quantitative estimate of drug-likeness (QED) is 0.272. The predicted octanol–water partition coefficient (Wildman–Crippen LogP) is 1.68. The minimum absolute atomic E-state index is 0.0332. The van der Waals surface area contributed by atoms with Gasteiger partial charge in [-0.15, -0.1) is 0 Å². The van der Waals surface area contributed by atoms with Crippen molar-refractivity contribution in [2.45, 2.75) is 0 Å². The third-order valence-electron chi connectivity index (χ3n) is 3.27. The number of benzene rings is 2. The molecule has 0 spiro atoms. The molecule has 0 aromatic heterocycles. The molecule has 8 nitrogen and oxygen atoms in total. The van der Waals surface area contributed by atoms with Crippen molar-refractivity contribution in [3.8, 4) is 11.5 Å². The molecule has 0 aliphatic carbocycles. The first-order valence-corrected chi connectivity index (χ1v) is 7.46. The number of hydroxylamine groups is 1. The van der Waals surface area contributed by atoms with E-state index in [0.29, 0.717) is 22.4 Å². The molecule has 8 heteroatoms. The van der Waals surface area contributed by atoms with Crippen LogP contribution in [0.1, 0.15) is 21.5 Å². The summed E-state index contributed by atoms with van der Waals surface area (Å²) >= 11 is 0. The Balaban J connectivity index is 2.02. The maximum Gasteiger partial charge on any atom is 0.271 e. The highest BCUT2D eigenvalue weighted by Crippen LogP contribution is 2.25. The number of rotatable bonds is 6. The van der Waals surface area contributed by atoms with Gasteiger partial charge in [0.15, 0.2) is 11.5 Å². The number of hydrazone groups is 1. The molecule has 0 heterocycles. The smallest absolute Gasteiger partial charge is 0.271 e. The first kappa shape index (κ1) is 18.7. The van der Waals surface area contributed by atoms with Crippen molar-refractivity contribution in [3.63, 3.8) is 0 Å². The number of methoxy groups -OCH3 is 1. The number of nitrogens with zero attached hydrogens (tertiary/aromatic N) is 1. The maximum atomic E-state index is 12.1. The van der Waals surface area contributed by atoms with Crippen LogP contribution in [0, 0.1) is 0 Å². The Labute approximate surface area is 149 Å². The van der Waals surface area contributed by atoms with Crippen LogP contribution in [0.2, 0.25) is 0 Å². The zero-order chi connectivity index (χ0) is 18.9. The van der Waals surface area contributed by atoms with Crippen molar-refractivity contribution in [2.75, 3.05) is 7.11 Å². The van der Waals surface area contributed by atoms with Gasteiger partial charge >= 0.3 is 0 Å². The number of carbonyl (C=O) groups excluding carboxylic acids is 2. The van der Waals surface area contributed by atoms with E-state index >= 15 is 0 Å². The summed E-state index contributed by atoms with van der Waals surface area (Å²) in [6.45, 7) is 0. The number of hydrogen-bond donors (Lipinski definition) is 4. The zero-order valence-electron chi connectivity index (χ0n) is 13.8. The molecule has 26 heavy (non-hydrogen) atoms. The van der Waals surface area contributed by atoms with Crippen LogP contribution < -0.4 is 15.6 Å². The average molecular weight is 355 g/mol. The molecule has 0 fully saturated rings. The first-order valence-electron chi connectivity index (χ1n) is 7.46. The third kappa shape index (κ3) is 5.18. The maximum absolute atomic E-state index is 12.1. The highest BCUT2D eigenvalue weighted by molar-refractivity contribution is 5.96. The molecule has 0 saturated carbocycles. The lowest BCUT2D eigenvalue weighted by Crippen LogP contribution is -2.17. The number of phenolic OH excluding ortho intramolecular Hbond substituents is 1. The van der Waals surface area contributed by atoms with Crippen molar-refractivity contribution >= 4 is 24.1 Å². The van der Waals surface area contributed by atoms with Gasteiger partial charge in [0.2, 0.25) is 0 Å². The number of aromatic hydroxyl groups is 1. The fourth-order valence-electron chi connectivity index (χ4n) is 2.01. The molecule has 0 aliphatic heterocycles. The SMILES string of the molecule is COc1ccc(/C=N/NC(=O)c2cccc(/C=C/C(=O)NO)c2)cc1O. The van der Waals surface area contributed by atoms with Crippen LogP contribution in [0.4, 0.5) is 0 Å². The lowest BCUT2D eigenvalue weighted by atomic mass is 10.1. The van der Waals surface area contributed by atoms with Gasteiger partial charge in [0.05, 0.1) is 13.3 Å². The first-order chi connectivity index (χ1) is 12.5. The van der Waals surface area contributed by atoms with Gasteiger partial charge in [-0.2, -0.15) is 5.10 Å². The second kappa shape index (κ2) is 9.00. The molecular weight excluding hydrogens is 338 g/mol. The van der Waals surface area contributed by atoms with E-state index < -0.39 is 11.8 Å². The van der Waals surface area contributed by atoms with Crippen molar-refractivity contribution in [1.29, 1.82) is 0 Å². The van der Waals surface area contributed by atoms with Crippen molar-refractivity contribution < 1.29 is 24.6 Å². The van der Waals surface area contributed by atoms with Crippen LogP contribution in [0.3, 0.4) is 0 Å². The third-order valence-corrected chi connectivity index (χ3v) is 3.27. The molecule has 2 aromatic rings. The molecule has 2 aromatic carbocycles. The second-order valence-corrected chi connectivity index (χ2v) is 5.07. The minimum Gasteiger partial charge on any atom is -0.504 e. The van der Waals surface area contributed by atoms with Gasteiger partial charge < -0.3 is 9.84 Å². The Hall–Kier alpha value is -3.65. The minimum atomic E-state index is -0.674. The van der Waals surface area contributed by atoms with E-state index in [1.54, 1.807) is 36.4 Å². The number of amides is 2. The largest absolute Gasteiger partial charge is 0.504 e. The van der Waals surface area contributed by atoms with E-state index in [-0.39, 0.29) is 5.75 Å². The summed E-state index contributed by atoms with van der Waals surface area (Å²) in [6, 6.07) is 11.2. The lowest BCUT2D eigenvalue weighted by Gasteiger charge is -2.03. The number of ether oxygens (including phenoxy) is 1. The van der Waals surface area contributed by atoms with Crippen molar-refractivity contribution in [1.82, 2.24) is 10.9 Å². The van der Waals surface area contributed by atoms with Gasteiger partial charge in [-0.3, -0.25) is 14.8 Å². The molecule has 0 unspecified atom stereocenters. The summed E-state index contributed by atoms with van der Waals surface area (Å²) < 4.78 is 4.94. The van der Waals surface area contributed by atoms with Gasteiger partial charge in [-0.25, -0.2) is 10.9 Å². The van der Waals surface area contributed by atoms with Gasteiger partial charge in [-0.05, 0) is 47.5 Å². The van der Waals surface area contributed by atoms with Gasteiger partial charge in [-0.1, -0.05) is 12.1 Å². The normalized spacial score (nSPS) is 10.8. The Kier molecular flexibility index (Phi) is 6.47. The molecule has 0 aliphatic rings. The summed E-state index contributed by atoms with van der Waals surface area (Å²) in [7, 11) is 1.45. The standard InChI is InChI=1S/C18H17N3O5/c1-26-16-7-5-13(10-15(16)22)11-19-20-18(24)14-4-2-3-12(9-14)6-8-17(23)21-25/h2-11,22,25H,1H3,(H,20,24)(H,21,23)/b8-6+,19-11+. The van der Waals surface area contributed by atoms with Crippen LogP contribution in [-0.4, -0.2) is 35.5 Å². The summed E-state index contributed by atoms with van der Waals surface area (Å²) in [4.78, 5) is 23.1.